The van der Waals surface area contributed by atoms with Gasteiger partial charge in [0.25, 0.3) is 5.91 Å². The summed E-state index contributed by atoms with van der Waals surface area (Å²) in [6.07, 6.45) is 1.57. The molecule has 28 heavy (non-hydrogen) atoms. The molecular weight excluding hydrogens is 380 g/mol. The third-order valence-electron chi connectivity index (χ3n) is 4.54. The molecule has 1 aliphatic rings. The van der Waals surface area contributed by atoms with Crippen LogP contribution in [-0.2, 0) is 14.8 Å². The summed E-state index contributed by atoms with van der Waals surface area (Å²) in [6, 6.07) is 12.7. The molecule has 7 nitrogen and oxygen atoms in total. The van der Waals surface area contributed by atoms with Gasteiger partial charge in [0.05, 0.1) is 10.5 Å². The van der Waals surface area contributed by atoms with Crippen molar-refractivity contribution in [2.75, 3.05) is 18.4 Å². The molecule has 1 saturated heterocycles. The number of carbonyl (C=O) groups excluding carboxylic acids is 2. The number of ether oxygens (including phenoxy) is 1. The second kappa shape index (κ2) is 8.53. The highest BCUT2D eigenvalue weighted by molar-refractivity contribution is 7.89. The van der Waals surface area contributed by atoms with Gasteiger partial charge in [0.1, 0.15) is 5.75 Å². The summed E-state index contributed by atoms with van der Waals surface area (Å²) in [4.78, 5) is 23.6. The van der Waals surface area contributed by atoms with Gasteiger partial charge in [0, 0.05) is 18.8 Å². The summed E-state index contributed by atoms with van der Waals surface area (Å²) in [5.41, 5.74) is 0.822. The van der Waals surface area contributed by atoms with E-state index in [1.54, 1.807) is 43.3 Å². The Hall–Kier alpha value is -2.71. The van der Waals surface area contributed by atoms with Crippen LogP contribution in [0.4, 0.5) is 5.69 Å². The van der Waals surface area contributed by atoms with E-state index in [9.17, 15) is 18.0 Å². The molecule has 0 aromatic heterocycles. The molecule has 2 aromatic rings. The van der Waals surface area contributed by atoms with Crippen molar-refractivity contribution in [3.63, 3.8) is 0 Å². The van der Waals surface area contributed by atoms with Crippen molar-refractivity contribution in [2.45, 2.75) is 30.8 Å². The zero-order valence-electron chi connectivity index (χ0n) is 15.5. The summed E-state index contributed by atoms with van der Waals surface area (Å²) in [6.45, 7) is 2.65. The maximum atomic E-state index is 12.5. The third-order valence-corrected chi connectivity index (χ3v) is 6.46. The summed E-state index contributed by atoms with van der Waals surface area (Å²) < 4.78 is 32.1. The van der Waals surface area contributed by atoms with E-state index < -0.39 is 22.0 Å². The first-order valence-electron chi connectivity index (χ1n) is 9.04. The van der Waals surface area contributed by atoms with Gasteiger partial charge >= 0.3 is 0 Å². The van der Waals surface area contributed by atoms with Crippen molar-refractivity contribution in [3.05, 3.63) is 54.1 Å². The highest BCUT2D eigenvalue weighted by atomic mass is 32.2. The number of nitrogens with one attached hydrogen (secondary N) is 1. The van der Waals surface area contributed by atoms with E-state index in [1.807, 2.05) is 0 Å². The van der Waals surface area contributed by atoms with Crippen LogP contribution >= 0.6 is 0 Å². The van der Waals surface area contributed by atoms with Crippen molar-refractivity contribution in [2.24, 2.45) is 0 Å². The monoisotopic (exact) mass is 402 g/mol. The number of aldehydes is 1. The average Bonchev–Trinajstić information content (AvgIpc) is 3.24. The van der Waals surface area contributed by atoms with Gasteiger partial charge < -0.3 is 10.1 Å². The number of hydrogen-bond donors (Lipinski definition) is 1. The Morgan fingerprint density at radius 3 is 2.39 bits per heavy atom. The van der Waals surface area contributed by atoms with Crippen molar-refractivity contribution in [1.29, 1.82) is 0 Å². The van der Waals surface area contributed by atoms with Crippen LogP contribution in [0.5, 0.6) is 5.75 Å². The predicted molar refractivity (Wildman–Crippen MR) is 105 cm³/mol. The number of nitrogens with zero attached hydrogens (tertiary/aromatic N) is 1. The lowest BCUT2D eigenvalue weighted by molar-refractivity contribution is -0.122. The molecule has 0 spiro atoms. The van der Waals surface area contributed by atoms with E-state index >= 15 is 0 Å². The zero-order chi connectivity index (χ0) is 20.1. The second-order valence-electron chi connectivity index (χ2n) is 6.54. The topological polar surface area (TPSA) is 92.8 Å². The van der Waals surface area contributed by atoms with Crippen molar-refractivity contribution >= 4 is 27.9 Å². The standard InChI is InChI=1S/C20H22N2O5S/c1-15(27-19-7-3-2-6-16(19)14-23)20(24)21-17-8-10-18(11-9-17)28(25,26)22-12-4-5-13-22/h2-3,6-11,14-15H,4-5,12-13H2,1H3,(H,21,24)/t15-/m1/s1. The average molecular weight is 402 g/mol. The van der Waals surface area contributed by atoms with Crippen LogP contribution in [0.3, 0.4) is 0 Å². The Labute approximate surface area is 164 Å². The summed E-state index contributed by atoms with van der Waals surface area (Å²) in [7, 11) is -3.49. The highest BCUT2D eigenvalue weighted by Gasteiger charge is 2.27. The summed E-state index contributed by atoms with van der Waals surface area (Å²) in [5, 5.41) is 2.69. The minimum atomic E-state index is -3.49. The molecule has 2 aromatic carbocycles. The first-order chi connectivity index (χ1) is 13.4. The minimum absolute atomic E-state index is 0.205. The number of para-hydroxylation sites is 1. The highest BCUT2D eigenvalue weighted by Crippen LogP contribution is 2.22. The second-order valence-corrected chi connectivity index (χ2v) is 8.48. The Balaban J connectivity index is 1.64. The fraction of sp³-hybridized carbons (Fsp3) is 0.300. The van der Waals surface area contributed by atoms with Gasteiger partial charge in [-0.3, -0.25) is 9.59 Å². The van der Waals surface area contributed by atoms with Crippen LogP contribution in [-0.4, -0.2) is 44.1 Å². The molecule has 1 fully saturated rings. The van der Waals surface area contributed by atoms with Gasteiger partial charge in [0.15, 0.2) is 12.4 Å². The minimum Gasteiger partial charge on any atom is -0.480 e. The molecule has 1 N–H and O–H groups in total. The molecular formula is C20H22N2O5S. The van der Waals surface area contributed by atoms with E-state index in [2.05, 4.69) is 5.32 Å². The van der Waals surface area contributed by atoms with E-state index in [0.717, 1.165) is 12.8 Å². The lowest BCUT2D eigenvalue weighted by Crippen LogP contribution is -2.30. The van der Waals surface area contributed by atoms with Gasteiger partial charge in [-0.1, -0.05) is 12.1 Å². The van der Waals surface area contributed by atoms with E-state index in [1.165, 1.54) is 16.4 Å². The molecule has 0 aliphatic carbocycles. The normalized spacial score (nSPS) is 15.8. The molecule has 1 amide bonds. The molecule has 8 heteroatoms. The maximum Gasteiger partial charge on any atom is 0.265 e. The first kappa shape index (κ1) is 20.0. The maximum absolute atomic E-state index is 12.5. The lowest BCUT2D eigenvalue weighted by Gasteiger charge is -2.17. The number of anilines is 1. The molecule has 1 aliphatic heterocycles. The van der Waals surface area contributed by atoms with Crippen molar-refractivity contribution in [3.8, 4) is 5.75 Å². The van der Waals surface area contributed by atoms with Crippen molar-refractivity contribution < 1.29 is 22.7 Å². The Bertz CT molecular complexity index is 951. The van der Waals surface area contributed by atoms with Gasteiger partial charge in [-0.25, -0.2) is 8.42 Å². The molecule has 0 radical (unpaired) electrons. The smallest absolute Gasteiger partial charge is 0.265 e. The van der Waals surface area contributed by atoms with E-state index in [-0.39, 0.29) is 4.90 Å². The Morgan fingerprint density at radius 1 is 1.11 bits per heavy atom. The number of amides is 1. The van der Waals surface area contributed by atoms with Crippen LogP contribution in [0, 0.1) is 0 Å². The predicted octanol–water partition coefficient (Wildman–Crippen LogP) is 2.69. The largest absolute Gasteiger partial charge is 0.480 e. The molecule has 0 saturated carbocycles. The van der Waals surface area contributed by atoms with Crippen molar-refractivity contribution in [1.82, 2.24) is 4.31 Å². The number of hydrogen-bond acceptors (Lipinski definition) is 5. The Morgan fingerprint density at radius 2 is 1.75 bits per heavy atom. The first-order valence-corrected chi connectivity index (χ1v) is 10.5. The fourth-order valence-electron chi connectivity index (χ4n) is 2.96. The molecule has 0 unspecified atom stereocenters. The van der Waals surface area contributed by atoms with Crippen LogP contribution in [0.15, 0.2) is 53.4 Å². The summed E-state index contributed by atoms with van der Waals surface area (Å²) >= 11 is 0. The number of sulfonamides is 1. The van der Waals surface area contributed by atoms with E-state index in [4.69, 9.17) is 4.74 Å². The van der Waals surface area contributed by atoms with Gasteiger partial charge in [-0.05, 0) is 56.2 Å². The van der Waals surface area contributed by atoms with Gasteiger partial charge in [0.2, 0.25) is 10.0 Å². The van der Waals surface area contributed by atoms with Crippen LogP contribution in [0.25, 0.3) is 0 Å². The molecule has 1 atom stereocenters. The van der Waals surface area contributed by atoms with Crippen LogP contribution in [0.1, 0.15) is 30.1 Å². The number of carbonyl (C=O) groups is 2. The number of benzene rings is 2. The molecule has 0 bridgehead atoms. The lowest BCUT2D eigenvalue weighted by atomic mass is 10.2. The molecule has 148 valence electrons. The Kier molecular flexibility index (Phi) is 6.11. The molecule has 3 rings (SSSR count). The quantitative estimate of drug-likeness (QED) is 0.719. The van der Waals surface area contributed by atoms with Crippen LogP contribution < -0.4 is 10.1 Å². The summed E-state index contributed by atoms with van der Waals surface area (Å²) in [5.74, 6) is -0.0805. The van der Waals surface area contributed by atoms with E-state index in [0.29, 0.717) is 36.4 Å². The van der Waals surface area contributed by atoms with Gasteiger partial charge in [-0.2, -0.15) is 4.31 Å². The number of rotatable bonds is 7. The zero-order valence-corrected chi connectivity index (χ0v) is 16.3. The van der Waals surface area contributed by atoms with Gasteiger partial charge in [-0.15, -0.1) is 0 Å². The van der Waals surface area contributed by atoms with Crippen LogP contribution in [0.2, 0.25) is 0 Å². The third kappa shape index (κ3) is 4.40. The molecule has 1 heterocycles. The SMILES string of the molecule is C[C@@H](Oc1ccccc1C=O)C(=O)Nc1ccc(S(=O)(=O)N2CCCC2)cc1. The fourth-order valence-corrected chi connectivity index (χ4v) is 4.48.